The van der Waals surface area contributed by atoms with Crippen molar-refractivity contribution >= 4 is 23.5 Å². The number of amides is 2. The molecule has 0 spiro atoms. The van der Waals surface area contributed by atoms with E-state index in [2.05, 4.69) is 15.6 Å². The number of aryl methyl sites for hydroxylation is 1. The largest absolute Gasteiger partial charge is 0.477 e. The number of carboxylic acids is 1. The summed E-state index contributed by atoms with van der Waals surface area (Å²) in [6, 6.07) is 0.758. The highest BCUT2D eigenvalue weighted by Gasteiger charge is 2.26. The lowest BCUT2D eigenvalue weighted by Crippen LogP contribution is -2.46. The normalized spacial score (nSPS) is 12.6. The Balaban J connectivity index is 2.78. The molecule has 1 rings (SSSR count). The molecule has 0 aliphatic rings. The van der Waals surface area contributed by atoms with Gasteiger partial charge in [-0.2, -0.15) is 0 Å². The third kappa shape index (κ3) is 4.34. The summed E-state index contributed by atoms with van der Waals surface area (Å²) in [7, 11) is 0. The number of anilines is 1. The van der Waals surface area contributed by atoms with Gasteiger partial charge >= 0.3 is 5.97 Å². The van der Waals surface area contributed by atoms with Crippen LogP contribution in [0.5, 0.6) is 0 Å². The van der Waals surface area contributed by atoms with E-state index in [0.717, 1.165) is 0 Å². The highest BCUT2D eigenvalue weighted by Crippen LogP contribution is 2.17. The molecule has 0 aliphatic carbocycles. The molecular weight excluding hydrogens is 274 g/mol. The van der Waals surface area contributed by atoms with Crippen LogP contribution in [0.4, 0.5) is 5.69 Å². The van der Waals surface area contributed by atoms with Crippen molar-refractivity contribution in [2.75, 3.05) is 5.32 Å². The number of aromatic nitrogens is 1. The van der Waals surface area contributed by atoms with Crippen LogP contribution in [0.25, 0.3) is 0 Å². The first-order valence-corrected chi connectivity index (χ1v) is 6.57. The van der Waals surface area contributed by atoms with Gasteiger partial charge in [-0.25, -0.2) is 4.79 Å². The molecule has 7 nitrogen and oxygen atoms in total. The van der Waals surface area contributed by atoms with Crippen molar-refractivity contribution in [2.45, 2.75) is 40.7 Å². The number of H-pyrrole nitrogens is 1. The summed E-state index contributed by atoms with van der Waals surface area (Å²) in [5.41, 5.74) is 0.108. The molecule has 4 N–H and O–H groups in total. The van der Waals surface area contributed by atoms with Gasteiger partial charge in [0.2, 0.25) is 11.8 Å². The molecule has 1 aromatic heterocycles. The molecule has 1 unspecified atom stereocenters. The van der Waals surface area contributed by atoms with E-state index in [1.165, 1.54) is 6.07 Å². The Morgan fingerprint density at radius 2 is 1.86 bits per heavy atom. The first-order chi connectivity index (χ1) is 9.52. The highest BCUT2D eigenvalue weighted by molar-refractivity contribution is 6.02. The minimum Gasteiger partial charge on any atom is -0.477 e. The Kier molecular flexibility index (Phi) is 4.77. The SMILES string of the molecule is Cc1cc(NC(=O)C(C)NC(=O)C(C)(C)C)c(C(=O)O)[nH]1. The number of rotatable bonds is 4. The second kappa shape index (κ2) is 5.99. The molecule has 0 aliphatic heterocycles. The van der Waals surface area contributed by atoms with Gasteiger partial charge in [-0.15, -0.1) is 0 Å². The number of nitrogens with one attached hydrogen (secondary N) is 3. The summed E-state index contributed by atoms with van der Waals surface area (Å²) in [4.78, 5) is 37.5. The van der Waals surface area contributed by atoms with Crippen molar-refractivity contribution in [3.05, 3.63) is 17.5 Å². The first-order valence-electron chi connectivity index (χ1n) is 6.57. The number of hydrogen-bond donors (Lipinski definition) is 4. The van der Waals surface area contributed by atoms with E-state index >= 15 is 0 Å². The number of carboxylic acid groups (broad SMARTS) is 1. The Labute approximate surface area is 123 Å². The third-order valence-electron chi connectivity index (χ3n) is 2.85. The molecule has 2 amide bonds. The summed E-state index contributed by atoms with van der Waals surface area (Å²) < 4.78 is 0. The maximum atomic E-state index is 12.0. The molecule has 0 aromatic carbocycles. The summed E-state index contributed by atoms with van der Waals surface area (Å²) in [5.74, 6) is -1.90. The zero-order valence-corrected chi connectivity index (χ0v) is 12.8. The third-order valence-corrected chi connectivity index (χ3v) is 2.85. The fourth-order valence-corrected chi connectivity index (χ4v) is 1.58. The molecule has 21 heavy (non-hydrogen) atoms. The number of carbonyl (C=O) groups excluding carboxylic acids is 2. The van der Waals surface area contributed by atoms with Crippen LogP contribution < -0.4 is 10.6 Å². The molecule has 0 radical (unpaired) electrons. The Bertz CT molecular complexity index is 569. The van der Waals surface area contributed by atoms with Gasteiger partial charge in [-0.3, -0.25) is 9.59 Å². The average Bonchev–Trinajstić information content (AvgIpc) is 2.68. The van der Waals surface area contributed by atoms with Gasteiger partial charge in [-0.1, -0.05) is 20.8 Å². The van der Waals surface area contributed by atoms with Crippen LogP contribution >= 0.6 is 0 Å². The monoisotopic (exact) mass is 295 g/mol. The quantitative estimate of drug-likeness (QED) is 0.674. The maximum absolute atomic E-state index is 12.0. The van der Waals surface area contributed by atoms with Crippen molar-refractivity contribution in [3.8, 4) is 0 Å². The molecule has 0 saturated carbocycles. The molecule has 116 valence electrons. The van der Waals surface area contributed by atoms with Crippen molar-refractivity contribution in [1.82, 2.24) is 10.3 Å². The van der Waals surface area contributed by atoms with Gasteiger partial charge in [0.05, 0.1) is 5.69 Å². The number of aromatic amines is 1. The Morgan fingerprint density at radius 3 is 2.33 bits per heavy atom. The summed E-state index contributed by atoms with van der Waals surface area (Å²) >= 11 is 0. The van der Waals surface area contributed by atoms with Crippen LogP contribution in [-0.2, 0) is 9.59 Å². The summed E-state index contributed by atoms with van der Waals surface area (Å²) in [6.45, 7) is 8.45. The van der Waals surface area contributed by atoms with E-state index in [1.54, 1.807) is 34.6 Å². The second-order valence-corrected chi connectivity index (χ2v) is 5.98. The van der Waals surface area contributed by atoms with Gasteiger partial charge in [0.15, 0.2) is 0 Å². The molecular formula is C14H21N3O4. The van der Waals surface area contributed by atoms with E-state index in [4.69, 9.17) is 5.11 Å². The fourth-order valence-electron chi connectivity index (χ4n) is 1.58. The average molecular weight is 295 g/mol. The predicted octanol–water partition coefficient (Wildman–Crippen LogP) is 1.51. The van der Waals surface area contributed by atoms with E-state index in [9.17, 15) is 14.4 Å². The van der Waals surface area contributed by atoms with Crippen molar-refractivity contribution in [2.24, 2.45) is 5.41 Å². The zero-order valence-electron chi connectivity index (χ0n) is 12.8. The predicted molar refractivity (Wildman–Crippen MR) is 78.2 cm³/mol. The van der Waals surface area contributed by atoms with Gasteiger partial charge in [0.1, 0.15) is 11.7 Å². The van der Waals surface area contributed by atoms with Crippen LogP contribution in [0.3, 0.4) is 0 Å². The molecule has 1 heterocycles. The van der Waals surface area contributed by atoms with Crippen LogP contribution in [0.2, 0.25) is 0 Å². The van der Waals surface area contributed by atoms with E-state index in [1.807, 2.05) is 0 Å². The van der Waals surface area contributed by atoms with E-state index in [0.29, 0.717) is 5.69 Å². The lowest BCUT2D eigenvalue weighted by Gasteiger charge is -2.21. The summed E-state index contributed by atoms with van der Waals surface area (Å²) in [6.07, 6.45) is 0. The topological polar surface area (TPSA) is 111 Å². The fraction of sp³-hybridized carbons (Fsp3) is 0.500. The molecule has 7 heteroatoms. The minimum absolute atomic E-state index is 0.0878. The standard InChI is InChI=1S/C14H21N3O4/c1-7-6-9(10(15-7)12(19)20)17-11(18)8(2)16-13(21)14(3,4)5/h6,8,15H,1-5H3,(H,16,21)(H,17,18)(H,19,20). The minimum atomic E-state index is -1.16. The highest BCUT2D eigenvalue weighted by atomic mass is 16.4. The Hall–Kier alpha value is -2.31. The van der Waals surface area contributed by atoms with Crippen LogP contribution in [0, 0.1) is 12.3 Å². The van der Waals surface area contributed by atoms with Crippen molar-refractivity contribution in [1.29, 1.82) is 0 Å². The van der Waals surface area contributed by atoms with Gasteiger partial charge < -0.3 is 20.7 Å². The van der Waals surface area contributed by atoms with Gasteiger partial charge in [0, 0.05) is 11.1 Å². The Morgan fingerprint density at radius 1 is 1.29 bits per heavy atom. The second-order valence-electron chi connectivity index (χ2n) is 5.98. The zero-order chi connectivity index (χ0) is 16.4. The van der Waals surface area contributed by atoms with Gasteiger partial charge in [0.25, 0.3) is 0 Å². The lowest BCUT2D eigenvalue weighted by atomic mass is 9.95. The van der Waals surface area contributed by atoms with Crippen LogP contribution in [0.1, 0.15) is 43.9 Å². The van der Waals surface area contributed by atoms with Gasteiger partial charge in [-0.05, 0) is 19.9 Å². The smallest absolute Gasteiger partial charge is 0.354 e. The van der Waals surface area contributed by atoms with Crippen molar-refractivity contribution in [3.63, 3.8) is 0 Å². The number of hydrogen-bond acceptors (Lipinski definition) is 3. The van der Waals surface area contributed by atoms with Crippen LogP contribution in [0.15, 0.2) is 6.07 Å². The molecule has 0 fully saturated rings. The number of carbonyl (C=O) groups is 3. The maximum Gasteiger partial charge on any atom is 0.354 e. The molecule has 1 atom stereocenters. The molecule has 1 aromatic rings. The van der Waals surface area contributed by atoms with E-state index in [-0.39, 0.29) is 17.3 Å². The first kappa shape index (κ1) is 16.7. The van der Waals surface area contributed by atoms with E-state index < -0.39 is 23.3 Å². The van der Waals surface area contributed by atoms with Crippen molar-refractivity contribution < 1.29 is 19.5 Å². The number of aromatic carboxylic acids is 1. The molecule has 0 bridgehead atoms. The van der Waals surface area contributed by atoms with Crippen LogP contribution in [-0.4, -0.2) is 33.9 Å². The summed E-state index contributed by atoms with van der Waals surface area (Å²) in [5, 5.41) is 14.1. The molecule has 0 saturated heterocycles. The lowest BCUT2D eigenvalue weighted by molar-refractivity contribution is -0.131.